The van der Waals surface area contributed by atoms with Crippen molar-refractivity contribution in [3.8, 4) is 0 Å². The third kappa shape index (κ3) is 10.3. The lowest BCUT2D eigenvalue weighted by Crippen LogP contribution is -2.17. The molecule has 0 aliphatic heterocycles. The van der Waals surface area contributed by atoms with Crippen LogP contribution in [-0.2, 0) is 18.1 Å². The number of phosphoric ester groups is 1. The van der Waals surface area contributed by atoms with Gasteiger partial charge in [0.25, 0.3) is 0 Å². The molecule has 0 spiro atoms. The fraction of sp³-hybridized carbons (Fsp3) is 1.00. The second-order valence-corrected chi connectivity index (χ2v) is 7.98. The molecule has 0 bridgehead atoms. The number of rotatable bonds is 12. The van der Waals surface area contributed by atoms with E-state index in [1.54, 1.807) is 0 Å². The van der Waals surface area contributed by atoms with E-state index in [2.05, 4.69) is 0 Å². The normalized spacial score (nSPS) is 19.3. The lowest BCUT2D eigenvalue weighted by Gasteiger charge is -2.20. The summed E-state index contributed by atoms with van der Waals surface area (Å²) in [5.74, 6) is 0.295. The van der Waals surface area contributed by atoms with E-state index in [9.17, 15) is 4.57 Å². The van der Waals surface area contributed by atoms with Gasteiger partial charge < -0.3 is 0 Å². The summed E-state index contributed by atoms with van der Waals surface area (Å²) in [4.78, 5) is 0. The van der Waals surface area contributed by atoms with Crippen LogP contribution >= 0.6 is 65.8 Å². The molecule has 0 aromatic heterocycles. The topological polar surface area (TPSA) is 44.8 Å². The molecule has 10 heteroatoms. The maximum Gasteiger partial charge on any atom is 0.474 e. The Labute approximate surface area is 144 Å². The molecule has 122 valence electrons. The molecule has 0 aromatic carbocycles. The molecule has 0 saturated heterocycles. The van der Waals surface area contributed by atoms with Gasteiger partial charge >= 0.3 is 7.82 Å². The smallest absolute Gasteiger partial charge is 0.285 e. The van der Waals surface area contributed by atoms with Gasteiger partial charge in [-0.3, -0.25) is 13.6 Å². The Morgan fingerprint density at radius 1 is 0.850 bits per heavy atom. The van der Waals surface area contributed by atoms with Crippen LogP contribution in [0.15, 0.2) is 0 Å². The van der Waals surface area contributed by atoms with E-state index in [1.807, 2.05) is 6.92 Å². The predicted molar refractivity (Wildman–Crippen MR) is 86.1 cm³/mol. The van der Waals surface area contributed by atoms with Crippen molar-refractivity contribution in [1.82, 2.24) is 0 Å². The molecule has 3 atom stereocenters. The van der Waals surface area contributed by atoms with Crippen LogP contribution in [0.4, 0.5) is 0 Å². The van der Waals surface area contributed by atoms with Crippen molar-refractivity contribution in [2.75, 3.05) is 31.6 Å². The number of hydrogen-bond donors (Lipinski definition) is 0. The summed E-state index contributed by atoms with van der Waals surface area (Å²) in [6.07, 6.45) is 0.654. The fourth-order valence-electron chi connectivity index (χ4n) is 0.835. The van der Waals surface area contributed by atoms with Crippen molar-refractivity contribution < 1.29 is 18.1 Å². The second kappa shape index (κ2) is 12.0. The molecule has 0 fully saturated rings. The Balaban J connectivity index is 4.45. The van der Waals surface area contributed by atoms with E-state index in [-0.39, 0.29) is 37.0 Å². The minimum atomic E-state index is -3.79. The Morgan fingerprint density at radius 3 is 1.50 bits per heavy atom. The summed E-state index contributed by atoms with van der Waals surface area (Å²) < 4.78 is 27.7. The molecule has 0 N–H and O–H groups in total. The van der Waals surface area contributed by atoms with Crippen LogP contribution < -0.4 is 0 Å². The average molecular weight is 410 g/mol. The minimum Gasteiger partial charge on any atom is -0.285 e. The summed E-state index contributed by atoms with van der Waals surface area (Å²) in [5.41, 5.74) is 0. The standard InChI is InChI=1S/C10H18Cl5O4P/c1-2-8(13)5-17-20(16,18-6-9(14)3-11)19-7-10(15)4-12/h8-10H,2-7H2,1H3. The summed E-state index contributed by atoms with van der Waals surface area (Å²) in [5, 5.41) is -1.31. The zero-order valence-corrected chi connectivity index (χ0v) is 15.6. The number of phosphoric acid groups is 1. The molecule has 0 radical (unpaired) electrons. The highest BCUT2D eigenvalue weighted by atomic mass is 35.5. The van der Waals surface area contributed by atoms with Crippen LogP contribution in [0.1, 0.15) is 13.3 Å². The first-order valence-electron chi connectivity index (χ1n) is 5.94. The Morgan fingerprint density at radius 2 is 1.20 bits per heavy atom. The van der Waals surface area contributed by atoms with E-state index in [4.69, 9.17) is 71.6 Å². The fourth-order valence-corrected chi connectivity index (χ4v) is 2.78. The average Bonchev–Trinajstić information content (AvgIpc) is 2.47. The predicted octanol–water partition coefficient (Wildman–Crippen LogP) is 4.85. The third-order valence-electron chi connectivity index (χ3n) is 2.02. The van der Waals surface area contributed by atoms with E-state index in [0.717, 1.165) is 0 Å². The largest absolute Gasteiger partial charge is 0.474 e. The maximum absolute atomic E-state index is 12.3. The quantitative estimate of drug-likeness (QED) is 0.341. The zero-order valence-electron chi connectivity index (χ0n) is 10.9. The van der Waals surface area contributed by atoms with Gasteiger partial charge in [0, 0.05) is 11.8 Å². The van der Waals surface area contributed by atoms with Crippen molar-refractivity contribution >= 4 is 65.8 Å². The van der Waals surface area contributed by atoms with Crippen molar-refractivity contribution in [3.05, 3.63) is 0 Å². The number of hydrogen-bond acceptors (Lipinski definition) is 4. The molecule has 3 unspecified atom stereocenters. The molecule has 0 amide bonds. The van der Waals surface area contributed by atoms with E-state index in [1.165, 1.54) is 0 Å². The highest BCUT2D eigenvalue weighted by Gasteiger charge is 2.29. The van der Waals surface area contributed by atoms with Gasteiger partial charge in [0.05, 0.1) is 36.0 Å². The second-order valence-electron chi connectivity index (χ2n) is 3.84. The minimum absolute atomic E-state index is 0.0248. The van der Waals surface area contributed by atoms with E-state index >= 15 is 0 Å². The molecular weight excluding hydrogens is 392 g/mol. The first-order valence-corrected chi connectivity index (χ1v) is 9.78. The van der Waals surface area contributed by atoms with Crippen molar-refractivity contribution in [2.45, 2.75) is 29.5 Å². The van der Waals surface area contributed by atoms with Crippen LogP contribution in [-0.4, -0.2) is 47.7 Å². The summed E-state index contributed by atoms with van der Waals surface area (Å²) in [7, 11) is -3.79. The van der Waals surface area contributed by atoms with Gasteiger partial charge in [-0.25, -0.2) is 4.57 Å². The lowest BCUT2D eigenvalue weighted by molar-refractivity contribution is 0.114. The third-order valence-corrected chi connectivity index (χ3v) is 5.47. The molecule has 0 aliphatic rings. The Bertz CT molecular complexity index is 254. The molecule has 0 aromatic rings. The summed E-state index contributed by atoms with van der Waals surface area (Å²) in [6.45, 7) is 1.75. The number of halogens is 5. The molecule has 4 nitrogen and oxygen atoms in total. The van der Waals surface area contributed by atoms with Crippen LogP contribution in [0.2, 0.25) is 0 Å². The first-order chi connectivity index (χ1) is 9.36. The molecule has 0 saturated carbocycles. The monoisotopic (exact) mass is 408 g/mol. The molecule has 0 aliphatic carbocycles. The van der Waals surface area contributed by atoms with Gasteiger partial charge in [-0.15, -0.1) is 58.0 Å². The summed E-state index contributed by atoms with van der Waals surface area (Å²) in [6, 6.07) is 0. The SMILES string of the molecule is CCC(Cl)COP(=O)(OCC(Cl)CCl)OCC(Cl)CCl. The van der Waals surface area contributed by atoms with Crippen LogP contribution in [0.5, 0.6) is 0 Å². The summed E-state index contributed by atoms with van der Waals surface area (Å²) >= 11 is 28.6. The highest BCUT2D eigenvalue weighted by Crippen LogP contribution is 2.50. The molecule has 20 heavy (non-hydrogen) atoms. The van der Waals surface area contributed by atoms with Crippen molar-refractivity contribution in [3.63, 3.8) is 0 Å². The van der Waals surface area contributed by atoms with Gasteiger partial charge in [-0.1, -0.05) is 6.92 Å². The van der Waals surface area contributed by atoms with Gasteiger partial charge in [0.1, 0.15) is 0 Å². The van der Waals surface area contributed by atoms with E-state index in [0.29, 0.717) is 6.42 Å². The van der Waals surface area contributed by atoms with Gasteiger partial charge in [-0.05, 0) is 6.42 Å². The van der Waals surface area contributed by atoms with Gasteiger partial charge in [-0.2, -0.15) is 0 Å². The van der Waals surface area contributed by atoms with Crippen molar-refractivity contribution in [2.24, 2.45) is 0 Å². The highest BCUT2D eigenvalue weighted by molar-refractivity contribution is 7.48. The first kappa shape index (κ1) is 21.6. The van der Waals surface area contributed by atoms with Gasteiger partial charge in [0.2, 0.25) is 0 Å². The lowest BCUT2D eigenvalue weighted by atomic mass is 10.4. The Kier molecular flexibility index (Phi) is 13.0. The zero-order chi connectivity index (χ0) is 15.6. The van der Waals surface area contributed by atoms with E-state index < -0.39 is 18.6 Å². The van der Waals surface area contributed by atoms with Crippen molar-refractivity contribution in [1.29, 1.82) is 0 Å². The molecule has 0 rings (SSSR count). The van der Waals surface area contributed by atoms with Gasteiger partial charge in [0.15, 0.2) is 0 Å². The molecular formula is C10H18Cl5O4P. The van der Waals surface area contributed by atoms with Crippen LogP contribution in [0.3, 0.4) is 0 Å². The van der Waals surface area contributed by atoms with Crippen LogP contribution in [0.25, 0.3) is 0 Å². The maximum atomic E-state index is 12.3. The Hall–Kier alpha value is 1.56. The molecule has 0 heterocycles. The van der Waals surface area contributed by atoms with Crippen LogP contribution in [0, 0.1) is 0 Å². The number of alkyl halides is 5.